The minimum atomic E-state index is -0.326. The number of anilines is 1. The number of nitriles is 1. The van der Waals surface area contributed by atoms with E-state index in [1.165, 1.54) is 0 Å². The summed E-state index contributed by atoms with van der Waals surface area (Å²) in [6.45, 7) is 4.22. The van der Waals surface area contributed by atoms with E-state index in [0.717, 1.165) is 44.5 Å². The minimum absolute atomic E-state index is 0.119. The largest absolute Gasteiger partial charge is 0.369 e. The Balaban J connectivity index is 1.48. The molecule has 1 amide bonds. The molecule has 1 aromatic rings. The molecule has 4 rings (SSSR count). The molecule has 3 heterocycles. The topological polar surface area (TPSA) is 65.8 Å². The Bertz CT molecular complexity index is 706. The Morgan fingerprint density at radius 1 is 1.23 bits per heavy atom. The first-order chi connectivity index (χ1) is 12.7. The molecule has 0 aliphatic carbocycles. The van der Waals surface area contributed by atoms with Crippen molar-refractivity contribution in [1.29, 1.82) is 5.26 Å². The monoisotopic (exact) mass is 355 g/mol. The van der Waals surface area contributed by atoms with E-state index in [1.54, 1.807) is 0 Å². The Hall–Kier alpha value is -2.10. The van der Waals surface area contributed by atoms with E-state index in [2.05, 4.69) is 11.0 Å². The first-order valence-corrected chi connectivity index (χ1v) is 9.49. The normalized spacial score (nSPS) is 29.0. The predicted molar refractivity (Wildman–Crippen MR) is 96.8 cm³/mol. The van der Waals surface area contributed by atoms with Crippen LogP contribution in [0.5, 0.6) is 0 Å². The third-order valence-corrected chi connectivity index (χ3v) is 5.65. The fraction of sp³-hybridized carbons (Fsp3) is 0.600. The van der Waals surface area contributed by atoms with Gasteiger partial charge in [0.05, 0.1) is 24.8 Å². The molecule has 0 N–H and O–H groups in total. The van der Waals surface area contributed by atoms with Crippen LogP contribution in [-0.2, 0) is 14.3 Å². The summed E-state index contributed by atoms with van der Waals surface area (Å²) in [4.78, 5) is 17.0. The van der Waals surface area contributed by atoms with Gasteiger partial charge in [-0.2, -0.15) is 5.26 Å². The van der Waals surface area contributed by atoms with Gasteiger partial charge in [-0.25, -0.2) is 0 Å². The first kappa shape index (κ1) is 17.3. The first-order valence-electron chi connectivity index (χ1n) is 9.49. The SMILES string of the molecule is N#Cc1cccc(N2CCC[C@@]3(CN(C(=O)[C@H]4CCCO4)CCO3)C2)c1. The smallest absolute Gasteiger partial charge is 0.251 e. The van der Waals surface area contributed by atoms with Crippen molar-refractivity contribution in [2.75, 3.05) is 44.3 Å². The quantitative estimate of drug-likeness (QED) is 0.811. The lowest BCUT2D eigenvalue weighted by atomic mass is 9.90. The molecule has 3 aliphatic heterocycles. The van der Waals surface area contributed by atoms with Gasteiger partial charge in [-0.1, -0.05) is 6.07 Å². The summed E-state index contributed by atoms with van der Waals surface area (Å²) < 4.78 is 11.8. The summed E-state index contributed by atoms with van der Waals surface area (Å²) in [5, 5.41) is 9.15. The predicted octanol–water partition coefficient (Wildman–Crippen LogP) is 1.94. The van der Waals surface area contributed by atoms with Crippen molar-refractivity contribution in [1.82, 2.24) is 4.90 Å². The number of rotatable bonds is 2. The molecule has 1 spiro atoms. The molecule has 0 radical (unpaired) electrons. The number of amides is 1. The summed E-state index contributed by atoms with van der Waals surface area (Å²) in [5.74, 6) is 0.119. The van der Waals surface area contributed by atoms with Crippen LogP contribution in [0.1, 0.15) is 31.2 Å². The van der Waals surface area contributed by atoms with Crippen molar-refractivity contribution in [3.8, 4) is 6.07 Å². The van der Waals surface area contributed by atoms with Crippen molar-refractivity contribution in [2.24, 2.45) is 0 Å². The molecule has 3 saturated heterocycles. The van der Waals surface area contributed by atoms with Crippen LogP contribution in [0.4, 0.5) is 5.69 Å². The number of piperidine rings is 1. The molecule has 0 unspecified atom stereocenters. The number of hydrogen-bond donors (Lipinski definition) is 0. The van der Waals surface area contributed by atoms with Crippen LogP contribution >= 0.6 is 0 Å². The van der Waals surface area contributed by atoms with Crippen LogP contribution in [0.25, 0.3) is 0 Å². The molecule has 1 aromatic carbocycles. The van der Waals surface area contributed by atoms with Gasteiger partial charge in [0.2, 0.25) is 0 Å². The Morgan fingerprint density at radius 2 is 2.15 bits per heavy atom. The molecule has 3 aliphatic rings. The lowest BCUT2D eigenvalue weighted by Gasteiger charge is -2.49. The van der Waals surface area contributed by atoms with Crippen LogP contribution in [0.3, 0.4) is 0 Å². The fourth-order valence-electron chi connectivity index (χ4n) is 4.35. The van der Waals surface area contributed by atoms with Gasteiger partial charge in [0.15, 0.2) is 0 Å². The van der Waals surface area contributed by atoms with Crippen LogP contribution in [-0.4, -0.2) is 61.9 Å². The van der Waals surface area contributed by atoms with Crippen molar-refractivity contribution in [3.05, 3.63) is 29.8 Å². The van der Waals surface area contributed by atoms with Crippen LogP contribution in [0.2, 0.25) is 0 Å². The van der Waals surface area contributed by atoms with Crippen LogP contribution in [0.15, 0.2) is 24.3 Å². The maximum atomic E-state index is 12.8. The molecule has 3 fully saturated rings. The van der Waals surface area contributed by atoms with Gasteiger partial charge in [-0.3, -0.25) is 4.79 Å². The lowest BCUT2D eigenvalue weighted by molar-refractivity contribution is -0.160. The standard InChI is InChI=1S/C20H25N3O3/c21-13-16-4-1-5-17(12-16)22-8-3-7-20(14-22)15-23(9-11-26-20)19(24)18-6-2-10-25-18/h1,4-5,12,18H,2-3,6-11,14-15H2/t18-,20+/m1/s1. The van der Waals surface area contributed by atoms with Gasteiger partial charge in [-0.05, 0) is 43.9 Å². The van der Waals surface area contributed by atoms with E-state index in [9.17, 15) is 4.79 Å². The summed E-state index contributed by atoms with van der Waals surface area (Å²) in [6.07, 6.45) is 3.50. The van der Waals surface area contributed by atoms with E-state index in [-0.39, 0.29) is 17.6 Å². The maximum Gasteiger partial charge on any atom is 0.251 e. The summed E-state index contributed by atoms with van der Waals surface area (Å²) in [6, 6.07) is 9.92. The van der Waals surface area contributed by atoms with Crippen molar-refractivity contribution in [3.63, 3.8) is 0 Å². The second-order valence-corrected chi connectivity index (χ2v) is 7.48. The lowest BCUT2D eigenvalue weighted by Crippen LogP contribution is -2.61. The van der Waals surface area contributed by atoms with Crippen molar-refractivity contribution in [2.45, 2.75) is 37.4 Å². The molecule has 6 heteroatoms. The third kappa shape index (κ3) is 3.42. The molecule has 26 heavy (non-hydrogen) atoms. The highest BCUT2D eigenvalue weighted by atomic mass is 16.5. The van der Waals surface area contributed by atoms with Crippen LogP contribution < -0.4 is 4.90 Å². The van der Waals surface area contributed by atoms with Gasteiger partial charge in [0.1, 0.15) is 11.7 Å². The van der Waals surface area contributed by atoms with E-state index >= 15 is 0 Å². The van der Waals surface area contributed by atoms with Gasteiger partial charge in [0, 0.05) is 31.9 Å². The zero-order chi connectivity index (χ0) is 18.0. The van der Waals surface area contributed by atoms with Crippen molar-refractivity contribution < 1.29 is 14.3 Å². The number of carbonyl (C=O) groups is 1. The van der Waals surface area contributed by atoms with E-state index in [0.29, 0.717) is 31.9 Å². The highest BCUT2D eigenvalue weighted by molar-refractivity contribution is 5.81. The molecule has 6 nitrogen and oxygen atoms in total. The average molecular weight is 355 g/mol. The molecular formula is C20H25N3O3. The summed E-state index contributed by atoms with van der Waals surface area (Å²) in [7, 11) is 0. The van der Waals surface area contributed by atoms with Crippen molar-refractivity contribution >= 4 is 11.6 Å². The average Bonchev–Trinajstić information content (AvgIpc) is 3.22. The van der Waals surface area contributed by atoms with Gasteiger partial charge < -0.3 is 19.3 Å². The Morgan fingerprint density at radius 3 is 2.96 bits per heavy atom. The van der Waals surface area contributed by atoms with Gasteiger partial charge >= 0.3 is 0 Å². The van der Waals surface area contributed by atoms with E-state index in [1.807, 2.05) is 29.2 Å². The fourth-order valence-corrected chi connectivity index (χ4v) is 4.35. The van der Waals surface area contributed by atoms with Gasteiger partial charge in [-0.15, -0.1) is 0 Å². The zero-order valence-electron chi connectivity index (χ0n) is 15.0. The Kier molecular flexibility index (Phi) is 4.84. The molecule has 138 valence electrons. The second-order valence-electron chi connectivity index (χ2n) is 7.48. The van der Waals surface area contributed by atoms with Crippen LogP contribution in [0, 0.1) is 11.3 Å². The Labute approximate surface area is 154 Å². The molecule has 0 aromatic heterocycles. The minimum Gasteiger partial charge on any atom is -0.369 e. The summed E-state index contributed by atoms with van der Waals surface area (Å²) >= 11 is 0. The number of nitrogens with zero attached hydrogens (tertiary/aromatic N) is 3. The molecular weight excluding hydrogens is 330 g/mol. The van der Waals surface area contributed by atoms with E-state index in [4.69, 9.17) is 14.7 Å². The van der Waals surface area contributed by atoms with Gasteiger partial charge in [0.25, 0.3) is 5.91 Å². The zero-order valence-corrected chi connectivity index (χ0v) is 15.0. The third-order valence-electron chi connectivity index (χ3n) is 5.65. The number of hydrogen-bond acceptors (Lipinski definition) is 5. The highest BCUT2D eigenvalue weighted by Crippen LogP contribution is 2.32. The summed E-state index contributed by atoms with van der Waals surface area (Å²) in [5.41, 5.74) is 1.39. The number of morpholine rings is 1. The molecule has 0 saturated carbocycles. The molecule has 0 bridgehead atoms. The number of benzene rings is 1. The number of carbonyl (C=O) groups excluding carboxylic acids is 1. The second kappa shape index (κ2) is 7.26. The maximum absolute atomic E-state index is 12.8. The number of ether oxygens (including phenoxy) is 2. The van der Waals surface area contributed by atoms with E-state index < -0.39 is 0 Å². The molecule has 2 atom stereocenters. The highest BCUT2D eigenvalue weighted by Gasteiger charge is 2.43.